The first kappa shape index (κ1) is 19.6. The van der Waals surface area contributed by atoms with E-state index in [-0.39, 0.29) is 36.4 Å². The molecule has 0 radical (unpaired) electrons. The Morgan fingerprint density at radius 3 is 2.57 bits per heavy atom. The van der Waals surface area contributed by atoms with E-state index in [1.165, 1.54) is 5.56 Å². The SMILES string of the molecule is COc1ccc([C@@H]2C[C@H](CN)N(C(C)=O)C2)cc1OC(C)C.Cl. The van der Waals surface area contributed by atoms with Gasteiger partial charge in [0.25, 0.3) is 0 Å². The van der Waals surface area contributed by atoms with Gasteiger partial charge in [-0.3, -0.25) is 4.79 Å². The highest BCUT2D eigenvalue weighted by Crippen LogP contribution is 2.36. The standard InChI is InChI=1S/C17H26N2O3.ClH/c1-11(2)22-17-8-13(5-6-16(17)21-4)14-7-15(9-18)19(10-14)12(3)20;/h5-6,8,11,14-15H,7,9-10,18H2,1-4H3;1H/t14-,15-;/m1./s1. The predicted octanol–water partition coefficient (Wildman–Crippen LogP) is 2.57. The van der Waals surface area contributed by atoms with E-state index in [1.807, 2.05) is 36.9 Å². The normalized spacial score (nSPS) is 20.3. The van der Waals surface area contributed by atoms with Gasteiger partial charge in [0.1, 0.15) is 0 Å². The molecule has 2 N–H and O–H groups in total. The van der Waals surface area contributed by atoms with Crippen LogP contribution in [0.5, 0.6) is 11.5 Å². The third kappa shape index (κ3) is 4.52. The summed E-state index contributed by atoms with van der Waals surface area (Å²) in [6, 6.07) is 6.13. The molecule has 1 aliphatic rings. The fourth-order valence-electron chi connectivity index (χ4n) is 3.06. The summed E-state index contributed by atoms with van der Waals surface area (Å²) in [5.74, 6) is 1.86. The van der Waals surface area contributed by atoms with E-state index < -0.39 is 0 Å². The highest BCUT2D eigenvalue weighted by molar-refractivity contribution is 5.85. The lowest BCUT2D eigenvalue weighted by Crippen LogP contribution is -2.38. The summed E-state index contributed by atoms with van der Waals surface area (Å²) in [6.45, 7) is 6.80. The zero-order chi connectivity index (χ0) is 16.3. The highest BCUT2D eigenvalue weighted by Gasteiger charge is 2.33. The van der Waals surface area contributed by atoms with E-state index in [0.717, 1.165) is 17.9 Å². The number of amides is 1. The van der Waals surface area contributed by atoms with Gasteiger partial charge in [0.2, 0.25) is 5.91 Å². The molecule has 1 amide bonds. The van der Waals surface area contributed by atoms with E-state index in [0.29, 0.717) is 13.1 Å². The molecule has 0 unspecified atom stereocenters. The summed E-state index contributed by atoms with van der Waals surface area (Å²) in [4.78, 5) is 13.6. The number of hydrogen-bond donors (Lipinski definition) is 1. The Bertz CT molecular complexity index is 537. The van der Waals surface area contributed by atoms with Gasteiger partial charge in [-0.2, -0.15) is 0 Å². The van der Waals surface area contributed by atoms with Gasteiger partial charge in [0, 0.05) is 32.0 Å². The Morgan fingerprint density at radius 2 is 2.09 bits per heavy atom. The van der Waals surface area contributed by atoms with Crippen molar-refractivity contribution in [1.29, 1.82) is 0 Å². The molecule has 0 aromatic heterocycles. The summed E-state index contributed by atoms with van der Waals surface area (Å²) >= 11 is 0. The maximum absolute atomic E-state index is 11.7. The zero-order valence-electron chi connectivity index (χ0n) is 14.2. The lowest BCUT2D eigenvalue weighted by atomic mass is 9.96. The van der Waals surface area contributed by atoms with Crippen LogP contribution < -0.4 is 15.2 Å². The highest BCUT2D eigenvalue weighted by atomic mass is 35.5. The van der Waals surface area contributed by atoms with Crippen LogP contribution in [0.3, 0.4) is 0 Å². The lowest BCUT2D eigenvalue weighted by molar-refractivity contribution is -0.129. The number of benzene rings is 1. The Kier molecular flexibility index (Phi) is 7.16. The van der Waals surface area contributed by atoms with Gasteiger partial charge < -0.3 is 20.1 Å². The van der Waals surface area contributed by atoms with Crippen molar-refractivity contribution in [2.45, 2.75) is 45.3 Å². The van der Waals surface area contributed by atoms with Gasteiger partial charge in [0.05, 0.1) is 13.2 Å². The average molecular weight is 343 g/mol. The van der Waals surface area contributed by atoms with Gasteiger partial charge in [-0.25, -0.2) is 0 Å². The van der Waals surface area contributed by atoms with Gasteiger partial charge in [-0.15, -0.1) is 12.4 Å². The van der Waals surface area contributed by atoms with E-state index in [1.54, 1.807) is 14.0 Å². The lowest BCUT2D eigenvalue weighted by Gasteiger charge is -2.21. The number of methoxy groups -OCH3 is 1. The maximum Gasteiger partial charge on any atom is 0.219 e. The van der Waals surface area contributed by atoms with Crippen molar-refractivity contribution in [3.8, 4) is 11.5 Å². The molecule has 1 fully saturated rings. The number of nitrogens with zero attached hydrogens (tertiary/aromatic N) is 1. The second-order valence-electron chi connectivity index (χ2n) is 6.07. The quantitative estimate of drug-likeness (QED) is 0.893. The van der Waals surface area contributed by atoms with Crippen LogP contribution in [0.25, 0.3) is 0 Å². The first-order valence-corrected chi connectivity index (χ1v) is 7.78. The minimum absolute atomic E-state index is 0. The molecule has 6 heteroatoms. The van der Waals surface area contributed by atoms with Crippen molar-refractivity contribution in [2.24, 2.45) is 5.73 Å². The second kappa shape index (κ2) is 8.41. The van der Waals surface area contributed by atoms with E-state index in [4.69, 9.17) is 15.2 Å². The Labute approximate surface area is 144 Å². The largest absolute Gasteiger partial charge is 0.493 e. The molecule has 1 aromatic rings. The van der Waals surface area contributed by atoms with Crippen molar-refractivity contribution in [3.63, 3.8) is 0 Å². The van der Waals surface area contributed by atoms with Gasteiger partial charge >= 0.3 is 0 Å². The molecule has 1 aromatic carbocycles. The molecule has 23 heavy (non-hydrogen) atoms. The number of hydrogen-bond acceptors (Lipinski definition) is 4. The molecule has 0 aliphatic carbocycles. The fourth-order valence-corrected chi connectivity index (χ4v) is 3.06. The number of halogens is 1. The minimum atomic E-state index is 0. The van der Waals surface area contributed by atoms with Crippen LogP contribution in [0, 0.1) is 0 Å². The molecule has 1 saturated heterocycles. The average Bonchev–Trinajstić information content (AvgIpc) is 2.91. The summed E-state index contributed by atoms with van der Waals surface area (Å²) < 4.78 is 11.2. The first-order valence-electron chi connectivity index (χ1n) is 7.78. The summed E-state index contributed by atoms with van der Waals surface area (Å²) in [6.07, 6.45) is 0.974. The first-order chi connectivity index (χ1) is 10.5. The Hall–Kier alpha value is -1.46. The number of nitrogens with two attached hydrogens (primary N) is 1. The summed E-state index contributed by atoms with van der Waals surface area (Å²) in [5, 5.41) is 0. The van der Waals surface area contributed by atoms with Gasteiger partial charge in [-0.1, -0.05) is 6.07 Å². The number of ether oxygens (including phenoxy) is 2. The molecule has 0 bridgehead atoms. The third-order valence-electron chi connectivity index (χ3n) is 4.11. The van der Waals surface area contributed by atoms with Crippen LogP contribution in [0.4, 0.5) is 0 Å². The second-order valence-corrected chi connectivity index (χ2v) is 6.07. The van der Waals surface area contributed by atoms with E-state index in [2.05, 4.69) is 0 Å². The van der Waals surface area contributed by atoms with Crippen LogP contribution in [0.1, 0.15) is 38.7 Å². The molecule has 1 heterocycles. The molecular weight excluding hydrogens is 316 g/mol. The molecule has 5 nitrogen and oxygen atoms in total. The van der Waals surface area contributed by atoms with Crippen molar-refractivity contribution in [3.05, 3.63) is 23.8 Å². The predicted molar refractivity (Wildman–Crippen MR) is 93.6 cm³/mol. The molecular formula is C17H27ClN2O3. The van der Waals surface area contributed by atoms with Crippen molar-refractivity contribution >= 4 is 18.3 Å². The number of carbonyl (C=O) groups is 1. The molecule has 2 atom stereocenters. The van der Waals surface area contributed by atoms with Crippen LogP contribution in [0.2, 0.25) is 0 Å². The molecule has 0 spiro atoms. The van der Waals surface area contributed by atoms with Crippen LogP contribution >= 0.6 is 12.4 Å². The molecule has 1 aliphatic heterocycles. The van der Waals surface area contributed by atoms with Crippen molar-refractivity contribution < 1.29 is 14.3 Å². The number of likely N-dealkylation sites (tertiary alicyclic amines) is 1. The van der Waals surface area contributed by atoms with Crippen molar-refractivity contribution in [2.75, 3.05) is 20.2 Å². The van der Waals surface area contributed by atoms with Gasteiger partial charge in [0.15, 0.2) is 11.5 Å². The fraction of sp³-hybridized carbons (Fsp3) is 0.588. The number of rotatable bonds is 5. The smallest absolute Gasteiger partial charge is 0.219 e. The van der Waals surface area contributed by atoms with Crippen LogP contribution in [-0.2, 0) is 4.79 Å². The number of carbonyl (C=O) groups excluding carboxylic acids is 1. The monoisotopic (exact) mass is 342 g/mol. The van der Waals surface area contributed by atoms with E-state index in [9.17, 15) is 4.79 Å². The Morgan fingerprint density at radius 1 is 1.39 bits per heavy atom. The van der Waals surface area contributed by atoms with Gasteiger partial charge in [-0.05, 0) is 38.0 Å². The van der Waals surface area contributed by atoms with Crippen LogP contribution in [0.15, 0.2) is 18.2 Å². The van der Waals surface area contributed by atoms with E-state index >= 15 is 0 Å². The topological polar surface area (TPSA) is 64.8 Å². The van der Waals surface area contributed by atoms with Crippen molar-refractivity contribution in [1.82, 2.24) is 4.90 Å². The summed E-state index contributed by atoms with van der Waals surface area (Å²) in [5.41, 5.74) is 6.97. The molecule has 130 valence electrons. The maximum atomic E-state index is 11.7. The Balaban J connectivity index is 0.00000264. The minimum Gasteiger partial charge on any atom is -0.493 e. The van der Waals surface area contributed by atoms with Crippen LogP contribution in [-0.4, -0.2) is 43.2 Å². The third-order valence-corrected chi connectivity index (χ3v) is 4.11. The summed E-state index contributed by atoms with van der Waals surface area (Å²) in [7, 11) is 1.64. The molecule has 0 saturated carbocycles. The zero-order valence-corrected chi connectivity index (χ0v) is 15.1. The molecule has 2 rings (SSSR count).